The van der Waals surface area contributed by atoms with E-state index in [1.54, 1.807) is 4.68 Å². The van der Waals surface area contributed by atoms with Gasteiger partial charge in [-0.2, -0.15) is 4.68 Å². The quantitative estimate of drug-likeness (QED) is 0.865. The Morgan fingerprint density at radius 1 is 1.32 bits per heavy atom. The van der Waals surface area contributed by atoms with Crippen LogP contribution in [0.3, 0.4) is 0 Å². The fourth-order valence-electron chi connectivity index (χ4n) is 2.24. The molecule has 2 aromatic rings. The Morgan fingerprint density at radius 3 is 3.00 bits per heavy atom. The molecule has 1 atom stereocenters. The molecule has 6 heteroatoms. The summed E-state index contributed by atoms with van der Waals surface area (Å²) in [4.78, 5) is 0. The lowest BCUT2D eigenvalue weighted by molar-refractivity contribution is 0.109. The molecule has 1 saturated heterocycles. The highest BCUT2D eigenvalue weighted by atomic mass is 16.5. The van der Waals surface area contributed by atoms with E-state index >= 15 is 0 Å². The van der Waals surface area contributed by atoms with E-state index in [0.717, 1.165) is 37.5 Å². The highest BCUT2D eigenvalue weighted by Crippen LogP contribution is 2.11. The van der Waals surface area contributed by atoms with Crippen LogP contribution in [0, 0.1) is 0 Å². The third kappa shape index (κ3) is 2.97. The summed E-state index contributed by atoms with van der Waals surface area (Å²) in [6.07, 6.45) is 2.63. The maximum atomic E-state index is 5.57. The number of nitrogens with one attached hydrogen (secondary N) is 1. The van der Waals surface area contributed by atoms with Crippen molar-refractivity contribution < 1.29 is 4.74 Å². The Hall–Kier alpha value is -1.79. The van der Waals surface area contributed by atoms with Gasteiger partial charge in [0.1, 0.15) is 0 Å². The third-order valence-electron chi connectivity index (χ3n) is 3.21. The SMILES string of the molecule is c1ccc(-n2nnnc2CNCC2CCCO2)cc1. The number of rotatable bonds is 5. The largest absolute Gasteiger partial charge is 0.377 e. The van der Waals surface area contributed by atoms with Crippen molar-refractivity contribution in [1.82, 2.24) is 25.5 Å². The molecule has 1 unspecified atom stereocenters. The molecule has 3 rings (SSSR count). The summed E-state index contributed by atoms with van der Waals surface area (Å²) in [5, 5.41) is 15.2. The second kappa shape index (κ2) is 5.90. The normalized spacial score (nSPS) is 18.8. The molecule has 0 amide bonds. The third-order valence-corrected chi connectivity index (χ3v) is 3.21. The fraction of sp³-hybridized carbons (Fsp3) is 0.462. The van der Waals surface area contributed by atoms with Gasteiger partial charge >= 0.3 is 0 Å². The Balaban J connectivity index is 1.61. The van der Waals surface area contributed by atoms with Crippen molar-refractivity contribution in [1.29, 1.82) is 0 Å². The monoisotopic (exact) mass is 259 g/mol. The minimum Gasteiger partial charge on any atom is -0.377 e. The molecule has 6 nitrogen and oxygen atoms in total. The minimum atomic E-state index is 0.334. The summed E-state index contributed by atoms with van der Waals surface area (Å²) in [5.74, 6) is 0.809. The summed E-state index contributed by atoms with van der Waals surface area (Å²) >= 11 is 0. The van der Waals surface area contributed by atoms with Gasteiger partial charge in [0.25, 0.3) is 0 Å². The van der Waals surface area contributed by atoms with Crippen molar-refractivity contribution >= 4 is 0 Å². The molecule has 1 aliphatic heterocycles. The van der Waals surface area contributed by atoms with E-state index in [1.165, 1.54) is 0 Å². The Labute approximate surface area is 111 Å². The van der Waals surface area contributed by atoms with Gasteiger partial charge in [-0.3, -0.25) is 0 Å². The van der Waals surface area contributed by atoms with Crippen LogP contribution < -0.4 is 5.32 Å². The van der Waals surface area contributed by atoms with Gasteiger partial charge in [-0.1, -0.05) is 18.2 Å². The van der Waals surface area contributed by atoms with Crippen molar-refractivity contribution in [3.8, 4) is 5.69 Å². The molecule has 1 aromatic carbocycles. The van der Waals surface area contributed by atoms with Crippen molar-refractivity contribution in [2.75, 3.05) is 13.2 Å². The van der Waals surface area contributed by atoms with Crippen LogP contribution in [0.5, 0.6) is 0 Å². The number of benzene rings is 1. The number of ether oxygens (including phenoxy) is 1. The molecule has 19 heavy (non-hydrogen) atoms. The number of hydrogen-bond donors (Lipinski definition) is 1. The van der Waals surface area contributed by atoms with Gasteiger partial charge in [0.15, 0.2) is 5.82 Å². The van der Waals surface area contributed by atoms with Gasteiger partial charge < -0.3 is 10.1 Å². The van der Waals surface area contributed by atoms with Crippen LogP contribution in [-0.4, -0.2) is 39.5 Å². The number of nitrogens with zero attached hydrogens (tertiary/aromatic N) is 4. The highest BCUT2D eigenvalue weighted by molar-refractivity contribution is 5.30. The predicted molar refractivity (Wildman–Crippen MR) is 69.8 cm³/mol. The topological polar surface area (TPSA) is 64.9 Å². The van der Waals surface area contributed by atoms with E-state index in [4.69, 9.17) is 4.74 Å². The van der Waals surface area contributed by atoms with Crippen LogP contribution in [-0.2, 0) is 11.3 Å². The second-order valence-electron chi connectivity index (χ2n) is 4.61. The van der Waals surface area contributed by atoms with Crippen molar-refractivity contribution in [2.45, 2.75) is 25.5 Å². The van der Waals surface area contributed by atoms with Gasteiger partial charge in [-0.25, -0.2) is 0 Å². The molecular weight excluding hydrogens is 242 g/mol. The lowest BCUT2D eigenvalue weighted by Gasteiger charge is -2.10. The van der Waals surface area contributed by atoms with Crippen LogP contribution >= 0.6 is 0 Å². The standard InChI is InChI=1S/C13H17N5O/c1-2-5-11(6-3-1)18-13(15-16-17-18)10-14-9-12-7-4-8-19-12/h1-3,5-6,12,14H,4,7-10H2. The van der Waals surface area contributed by atoms with E-state index < -0.39 is 0 Å². The number of aromatic nitrogens is 4. The summed E-state index contributed by atoms with van der Waals surface area (Å²) in [6.45, 7) is 2.37. The number of para-hydroxylation sites is 1. The first kappa shape index (κ1) is 12.3. The summed E-state index contributed by atoms with van der Waals surface area (Å²) in [7, 11) is 0. The highest BCUT2D eigenvalue weighted by Gasteiger charge is 2.15. The molecule has 1 aliphatic rings. The maximum absolute atomic E-state index is 5.57. The van der Waals surface area contributed by atoms with E-state index in [2.05, 4.69) is 20.8 Å². The molecule has 0 saturated carbocycles. The van der Waals surface area contributed by atoms with Crippen LogP contribution in [0.4, 0.5) is 0 Å². The number of hydrogen-bond acceptors (Lipinski definition) is 5. The van der Waals surface area contributed by atoms with Gasteiger partial charge in [0.05, 0.1) is 18.3 Å². The molecule has 0 radical (unpaired) electrons. The molecular formula is C13H17N5O. The Bertz CT molecular complexity index is 507. The Morgan fingerprint density at radius 2 is 2.21 bits per heavy atom. The lowest BCUT2D eigenvalue weighted by Crippen LogP contribution is -2.27. The van der Waals surface area contributed by atoms with E-state index in [9.17, 15) is 0 Å². The summed E-state index contributed by atoms with van der Waals surface area (Å²) < 4.78 is 7.32. The molecule has 0 bridgehead atoms. The zero-order valence-corrected chi connectivity index (χ0v) is 10.7. The maximum Gasteiger partial charge on any atom is 0.170 e. The molecule has 1 aromatic heterocycles. The van der Waals surface area contributed by atoms with Crippen molar-refractivity contribution in [2.24, 2.45) is 0 Å². The Kier molecular flexibility index (Phi) is 3.81. The second-order valence-corrected chi connectivity index (χ2v) is 4.61. The van der Waals surface area contributed by atoms with Gasteiger partial charge in [0.2, 0.25) is 0 Å². The molecule has 1 fully saturated rings. The first-order chi connectivity index (χ1) is 9.43. The summed E-state index contributed by atoms with van der Waals surface area (Å²) in [5.41, 5.74) is 0.974. The zero-order valence-electron chi connectivity index (χ0n) is 10.7. The molecule has 2 heterocycles. The number of tetrazole rings is 1. The average Bonchev–Trinajstić information content (AvgIpc) is 3.11. The lowest BCUT2D eigenvalue weighted by atomic mass is 10.2. The van der Waals surface area contributed by atoms with Crippen LogP contribution in [0.1, 0.15) is 18.7 Å². The van der Waals surface area contributed by atoms with Gasteiger partial charge in [0, 0.05) is 13.2 Å². The minimum absolute atomic E-state index is 0.334. The predicted octanol–water partition coefficient (Wildman–Crippen LogP) is 0.931. The molecule has 0 spiro atoms. The molecule has 1 N–H and O–H groups in total. The molecule has 100 valence electrons. The van der Waals surface area contributed by atoms with Crippen molar-refractivity contribution in [3.05, 3.63) is 36.2 Å². The average molecular weight is 259 g/mol. The zero-order chi connectivity index (χ0) is 12.9. The van der Waals surface area contributed by atoms with E-state index in [0.29, 0.717) is 12.6 Å². The van der Waals surface area contributed by atoms with E-state index in [-0.39, 0.29) is 0 Å². The summed E-state index contributed by atoms with van der Waals surface area (Å²) in [6, 6.07) is 9.89. The fourth-order valence-corrected chi connectivity index (χ4v) is 2.24. The van der Waals surface area contributed by atoms with Crippen LogP contribution in [0.25, 0.3) is 5.69 Å². The van der Waals surface area contributed by atoms with E-state index in [1.807, 2.05) is 30.3 Å². The van der Waals surface area contributed by atoms with Crippen LogP contribution in [0.2, 0.25) is 0 Å². The van der Waals surface area contributed by atoms with Crippen molar-refractivity contribution in [3.63, 3.8) is 0 Å². The van der Waals surface area contributed by atoms with Crippen LogP contribution in [0.15, 0.2) is 30.3 Å². The van der Waals surface area contributed by atoms with Gasteiger partial charge in [-0.15, -0.1) is 5.10 Å². The van der Waals surface area contributed by atoms with Gasteiger partial charge in [-0.05, 0) is 35.4 Å². The first-order valence-corrected chi connectivity index (χ1v) is 6.58. The molecule has 0 aliphatic carbocycles. The first-order valence-electron chi connectivity index (χ1n) is 6.58. The smallest absolute Gasteiger partial charge is 0.170 e.